The largest absolute Gasteiger partial charge is 0.477 e. The van der Waals surface area contributed by atoms with Crippen LogP contribution in [0.5, 0.6) is 0 Å². The van der Waals surface area contributed by atoms with Gasteiger partial charge in [-0.2, -0.15) is 0 Å². The molecule has 2 aromatic rings. The second-order valence-corrected chi connectivity index (χ2v) is 7.47. The molecule has 0 aromatic carbocycles. The predicted molar refractivity (Wildman–Crippen MR) is 78.1 cm³/mol. The van der Waals surface area contributed by atoms with E-state index in [2.05, 4.69) is 14.7 Å². The molecule has 2 aromatic heterocycles. The molecule has 0 saturated heterocycles. The smallest absolute Gasteiger partial charge is 0.346 e. The number of rotatable bonds is 7. The lowest BCUT2D eigenvalue weighted by Crippen LogP contribution is -2.24. The first kappa shape index (κ1) is 15.7. The molecule has 0 amide bonds. The fraction of sp³-hybridized carbons (Fsp3) is 0.333. The third-order valence-corrected chi connectivity index (χ3v) is 5.95. The van der Waals surface area contributed by atoms with E-state index in [9.17, 15) is 13.2 Å². The van der Waals surface area contributed by atoms with Crippen molar-refractivity contribution in [3.05, 3.63) is 34.7 Å². The molecule has 3 N–H and O–H groups in total. The first-order chi connectivity index (χ1) is 9.90. The Balaban J connectivity index is 1.95. The van der Waals surface area contributed by atoms with Crippen LogP contribution in [0.4, 0.5) is 0 Å². The highest BCUT2D eigenvalue weighted by Gasteiger charge is 2.21. The molecule has 0 saturated carbocycles. The van der Waals surface area contributed by atoms with E-state index in [1.807, 2.05) is 0 Å². The van der Waals surface area contributed by atoms with Crippen molar-refractivity contribution in [3.8, 4) is 0 Å². The average molecular weight is 329 g/mol. The van der Waals surface area contributed by atoms with E-state index in [1.54, 1.807) is 19.3 Å². The molecule has 0 fully saturated rings. The molecule has 0 radical (unpaired) electrons. The molecule has 7 nitrogen and oxygen atoms in total. The summed E-state index contributed by atoms with van der Waals surface area (Å²) >= 11 is 0.762. The summed E-state index contributed by atoms with van der Waals surface area (Å²) in [5.41, 5.74) is 0.448. The summed E-state index contributed by atoms with van der Waals surface area (Å²) < 4.78 is 26.6. The minimum absolute atomic E-state index is 0.0235. The number of carboxylic acid groups (broad SMARTS) is 1. The van der Waals surface area contributed by atoms with E-state index in [4.69, 9.17) is 5.11 Å². The quantitative estimate of drug-likeness (QED) is 0.665. The fourth-order valence-electron chi connectivity index (χ4n) is 1.77. The van der Waals surface area contributed by atoms with Crippen molar-refractivity contribution in [2.45, 2.75) is 24.0 Å². The zero-order chi connectivity index (χ0) is 15.5. The van der Waals surface area contributed by atoms with Gasteiger partial charge < -0.3 is 10.1 Å². The SMILES string of the molecule is Cc1cc(S(=O)(=O)NCCCc2ncc[nH]2)sc1C(=O)O. The summed E-state index contributed by atoms with van der Waals surface area (Å²) in [7, 11) is -3.66. The lowest BCUT2D eigenvalue weighted by atomic mass is 10.3. The van der Waals surface area contributed by atoms with Gasteiger partial charge in [-0.1, -0.05) is 0 Å². The van der Waals surface area contributed by atoms with E-state index in [0.717, 1.165) is 17.2 Å². The normalized spacial score (nSPS) is 11.7. The van der Waals surface area contributed by atoms with Crippen LogP contribution in [0, 0.1) is 6.92 Å². The number of nitrogens with one attached hydrogen (secondary N) is 2. The first-order valence-electron chi connectivity index (χ1n) is 6.22. The first-order valence-corrected chi connectivity index (χ1v) is 8.52. The number of sulfonamides is 1. The lowest BCUT2D eigenvalue weighted by Gasteiger charge is -2.03. The molecule has 0 atom stereocenters. The number of carbonyl (C=O) groups is 1. The molecule has 0 spiro atoms. The number of carboxylic acids is 1. The predicted octanol–water partition coefficient (Wildman–Crippen LogP) is 1.39. The van der Waals surface area contributed by atoms with Gasteiger partial charge in [0.15, 0.2) is 0 Å². The Labute approximate surface area is 126 Å². The average Bonchev–Trinajstić information content (AvgIpc) is 3.04. The molecule has 21 heavy (non-hydrogen) atoms. The summed E-state index contributed by atoms with van der Waals surface area (Å²) in [4.78, 5) is 18.0. The molecule has 2 rings (SSSR count). The molecule has 114 valence electrons. The second-order valence-electron chi connectivity index (χ2n) is 4.42. The topological polar surface area (TPSA) is 112 Å². The van der Waals surface area contributed by atoms with Crippen LogP contribution in [0.3, 0.4) is 0 Å². The van der Waals surface area contributed by atoms with Crippen LogP contribution in [-0.4, -0.2) is 36.0 Å². The summed E-state index contributed by atoms with van der Waals surface area (Å²) in [6.07, 6.45) is 4.59. The third-order valence-electron chi connectivity index (χ3n) is 2.79. The van der Waals surface area contributed by atoms with Crippen LogP contribution >= 0.6 is 11.3 Å². The Hall–Kier alpha value is -1.71. The number of H-pyrrole nitrogens is 1. The van der Waals surface area contributed by atoms with Gasteiger partial charge in [-0.25, -0.2) is 22.9 Å². The van der Waals surface area contributed by atoms with E-state index in [-0.39, 0.29) is 15.6 Å². The van der Waals surface area contributed by atoms with E-state index in [0.29, 0.717) is 18.4 Å². The van der Waals surface area contributed by atoms with Gasteiger partial charge in [0, 0.05) is 25.4 Å². The van der Waals surface area contributed by atoms with Gasteiger partial charge in [-0.15, -0.1) is 11.3 Å². The van der Waals surface area contributed by atoms with Crippen molar-refractivity contribution in [3.63, 3.8) is 0 Å². The molecule has 0 aliphatic carbocycles. The summed E-state index contributed by atoms with van der Waals surface area (Å²) in [5.74, 6) is -0.314. The monoisotopic (exact) mass is 329 g/mol. The third kappa shape index (κ3) is 3.90. The van der Waals surface area contributed by atoms with Gasteiger partial charge in [0.1, 0.15) is 14.9 Å². The van der Waals surface area contributed by atoms with Gasteiger partial charge in [-0.05, 0) is 25.0 Å². The van der Waals surface area contributed by atoms with Crippen LogP contribution < -0.4 is 4.72 Å². The molecular formula is C12H15N3O4S2. The summed E-state index contributed by atoms with van der Waals surface area (Å²) in [6, 6.07) is 1.38. The number of hydrogen-bond acceptors (Lipinski definition) is 5. The Bertz CT molecular complexity index is 720. The van der Waals surface area contributed by atoms with Crippen LogP contribution in [0.1, 0.15) is 27.5 Å². The zero-order valence-electron chi connectivity index (χ0n) is 11.3. The Kier molecular flexibility index (Phi) is 4.76. The highest BCUT2D eigenvalue weighted by atomic mass is 32.2. The number of aryl methyl sites for hydroxylation is 2. The number of thiophene rings is 1. The van der Waals surface area contributed by atoms with Crippen LogP contribution in [0.2, 0.25) is 0 Å². The second kappa shape index (κ2) is 6.37. The van der Waals surface area contributed by atoms with Crippen molar-refractivity contribution in [1.82, 2.24) is 14.7 Å². The van der Waals surface area contributed by atoms with Crippen molar-refractivity contribution in [2.24, 2.45) is 0 Å². The Morgan fingerprint density at radius 3 is 2.86 bits per heavy atom. The highest BCUT2D eigenvalue weighted by molar-refractivity contribution is 7.91. The maximum absolute atomic E-state index is 12.1. The number of nitrogens with zero attached hydrogens (tertiary/aromatic N) is 1. The van der Waals surface area contributed by atoms with Gasteiger partial charge in [0.05, 0.1) is 0 Å². The summed E-state index contributed by atoms with van der Waals surface area (Å²) in [5, 5.41) is 8.95. The minimum Gasteiger partial charge on any atom is -0.477 e. The van der Waals surface area contributed by atoms with Crippen LogP contribution in [0.15, 0.2) is 22.7 Å². The highest BCUT2D eigenvalue weighted by Crippen LogP contribution is 2.25. The number of hydrogen-bond donors (Lipinski definition) is 3. The van der Waals surface area contributed by atoms with Crippen LogP contribution in [-0.2, 0) is 16.4 Å². The number of aromatic nitrogens is 2. The molecule has 0 aliphatic heterocycles. The molecule has 0 aliphatic rings. The Morgan fingerprint density at radius 1 is 1.52 bits per heavy atom. The Morgan fingerprint density at radius 2 is 2.29 bits per heavy atom. The fourth-order valence-corrected chi connectivity index (χ4v) is 4.26. The summed E-state index contributed by atoms with van der Waals surface area (Å²) in [6.45, 7) is 1.85. The standard InChI is InChI=1S/C12H15N3O4S2/c1-8-7-10(20-11(8)12(16)17)21(18,19)15-4-2-3-9-13-5-6-14-9/h5-7,15H,2-4H2,1H3,(H,13,14)(H,16,17). The lowest BCUT2D eigenvalue weighted by molar-refractivity contribution is 0.0701. The van der Waals surface area contributed by atoms with E-state index >= 15 is 0 Å². The zero-order valence-corrected chi connectivity index (χ0v) is 12.9. The van der Waals surface area contributed by atoms with Crippen LogP contribution in [0.25, 0.3) is 0 Å². The van der Waals surface area contributed by atoms with E-state index in [1.165, 1.54) is 6.07 Å². The van der Waals surface area contributed by atoms with Crippen molar-refractivity contribution < 1.29 is 18.3 Å². The van der Waals surface area contributed by atoms with Crippen molar-refractivity contribution in [2.75, 3.05) is 6.54 Å². The maximum atomic E-state index is 12.1. The van der Waals surface area contributed by atoms with Crippen molar-refractivity contribution >= 4 is 27.3 Å². The maximum Gasteiger partial charge on any atom is 0.346 e. The molecule has 0 bridgehead atoms. The minimum atomic E-state index is -3.66. The molecular weight excluding hydrogens is 314 g/mol. The van der Waals surface area contributed by atoms with Gasteiger partial charge in [0.2, 0.25) is 10.0 Å². The van der Waals surface area contributed by atoms with Gasteiger partial charge in [0.25, 0.3) is 0 Å². The number of aromatic amines is 1. The number of aromatic carboxylic acids is 1. The number of imidazole rings is 1. The molecule has 9 heteroatoms. The van der Waals surface area contributed by atoms with Gasteiger partial charge >= 0.3 is 5.97 Å². The molecule has 0 unspecified atom stereocenters. The van der Waals surface area contributed by atoms with Gasteiger partial charge in [-0.3, -0.25) is 0 Å². The van der Waals surface area contributed by atoms with Crippen molar-refractivity contribution in [1.29, 1.82) is 0 Å². The molecule has 2 heterocycles. The van der Waals surface area contributed by atoms with E-state index < -0.39 is 16.0 Å².